The SMILES string of the molecule is COc1cc(-c2noc(CN3CCN(c4cccc(F)c4C#N)CC3)n2)ccc1C. The zero-order chi connectivity index (χ0) is 21.1. The van der Waals surface area contributed by atoms with Crippen LogP contribution in [0.15, 0.2) is 40.9 Å². The van der Waals surface area contributed by atoms with E-state index in [2.05, 4.69) is 15.0 Å². The Kier molecular flexibility index (Phi) is 5.63. The predicted molar refractivity (Wildman–Crippen MR) is 110 cm³/mol. The van der Waals surface area contributed by atoms with E-state index in [0.29, 0.717) is 37.0 Å². The Morgan fingerprint density at radius 1 is 1.20 bits per heavy atom. The molecule has 1 fully saturated rings. The summed E-state index contributed by atoms with van der Waals surface area (Å²) < 4.78 is 24.7. The minimum Gasteiger partial charge on any atom is -0.496 e. The number of hydrogen-bond acceptors (Lipinski definition) is 7. The molecule has 0 N–H and O–H groups in total. The first kappa shape index (κ1) is 19.9. The van der Waals surface area contributed by atoms with Gasteiger partial charge in [-0.2, -0.15) is 10.2 Å². The van der Waals surface area contributed by atoms with Gasteiger partial charge in [0, 0.05) is 31.7 Å². The number of methoxy groups -OCH3 is 1. The first-order valence-corrected chi connectivity index (χ1v) is 9.72. The van der Waals surface area contributed by atoms with Crippen LogP contribution in [-0.4, -0.2) is 48.3 Å². The van der Waals surface area contributed by atoms with Crippen molar-refractivity contribution in [3.63, 3.8) is 0 Å². The molecule has 0 radical (unpaired) electrons. The lowest BCUT2D eigenvalue weighted by Gasteiger charge is -2.35. The molecule has 1 aromatic heterocycles. The van der Waals surface area contributed by atoms with Crippen LogP contribution < -0.4 is 9.64 Å². The number of hydrogen-bond donors (Lipinski definition) is 0. The Balaban J connectivity index is 1.40. The number of halogens is 1. The number of piperazine rings is 1. The molecule has 2 heterocycles. The number of rotatable bonds is 5. The van der Waals surface area contributed by atoms with E-state index in [0.717, 1.165) is 30.0 Å². The van der Waals surface area contributed by atoms with Gasteiger partial charge in [0.25, 0.3) is 0 Å². The highest BCUT2D eigenvalue weighted by atomic mass is 19.1. The lowest BCUT2D eigenvalue weighted by Crippen LogP contribution is -2.46. The monoisotopic (exact) mass is 407 g/mol. The molecule has 154 valence electrons. The average Bonchev–Trinajstić information content (AvgIpc) is 3.23. The van der Waals surface area contributed by atoms with Crippen LogP contribution in [0.25, 0.3) is 11.4 Å². The summed E-state index contributed by atoms with van der Waals surface area (Å²) in [6, 6.07) is 12.5. The Bertz CT molecular complexity index is 1080. The van der Waals surface area contributed by atoms with Crippen LogP contribution in [0.2, 0.25) is 0 Å². The molecule has 1 aliphatic heterocycles. The third-order valence-corrected chi connectivity index (χ3v) is 5.31. The van der Waals surface area contributed by atoms with E-state index in [4.69, 9.17) is 9.26 Å². The molecule has 8 heteroatoms. The van der Waals surface area contributed by atoms with E-state index in [-0.39, 0.29) is 5.56 Å². The van der Waals surface area contributed by atoms with Crippen molar-refractivity contribution in [1.29, 1.82) is 5.26 Å². The van der Waals surface area contributed by atoms with Gasteiger partial charge < -0.3 is 14.2 Å². The van der Waals surface area contributed by atoms with E-state index in [9.17, 15) is 9.65 Å². The summed E-state index contributed by atoms with van der Waals surface area (Å²) in [6.45, 7) is 5.39. The second kappa shape index (κ2) is 8.51. The molecule has 1 saturated heterocycles. The zero-order valence-electron chi connectivity index (χ0n) is 16.9. The zero-order valence-corrected chi connectivity index (χ0v) is 16.9. The Labute approximate surface area is 174 Å². The van der Waals surface area contributed by atoms with Crippen molar-refractivity contribution >= 4 is 5.69 Å². The number of ether oxygens (including phenoxy) is 1. The van der Waals surface area contributed by atoms with Gasteiger partial charge in [0.2, 0.25) is 11.7 Å². The number of aryl methyl sites for hydroxylation is 1. The summed E-state index contributed by atoms with van der Waals surface area (Å²) in [7, 11) is 1.64. The minimum absolute atomic E-state index is 0.0982. The van der Waals surface area contributed by atoms with E-state index in [1.807, 2.05) is 36.1 Å². The van der Waals surface area contributed by atoms with Crippen LogP contribution in [0, 0.1) is 24.1 Å². The van der Waals surface area contributed by atoms with Gasteiger partial charge in [0.1, 0.15) is 23.2 Å². The maximum atomic E-state index is 13.9. The number of anilines is 1. The first-order chi connectivity index (χ1) is 14.6. The van der Waals surface area contributed by atoms with Crippen LogP contribution in [0.1, 0.15) is 17.0 Å². The largest absolute Gasteiger partial charge is 0.496 e. The van der Waals surface area contributed by atoms with Gasteiger partial charge in [-0.25, -0.2) is 4.39 Å². The first-order valence-electron chi connectivity index (χ1n) is 9.72. The molecule has 3 aromatic rings. The number of aromatic nitrogens is 2. The summed E-state index contributed by atoms with van der Waals surface area (Å²) in [4.78, 5) is 8.76. The van der Waals surface area contributed by atoms with Crippen molar-refractivity contribution in [2.45, 2.75) is 13.5 Å². The third-order valence-electron chi connectivity index (χ3n) is 5.31. The molecule has 0 saturated carbocycles. The van der Waals surface area contributed by atoms with Crippen molar-refractivity contribution in [1.82, 2.24) is 15.0 Å². The fourth-order valence-corrected chi connectivity index (χ4v) is 3.62. The second-order valence-corrected chi connectivity index (χ2v) is 7.21. The standard InChI is InChI=1S/C22H22FN5O2/c1-15-6-7-16(12-20(15)29-2)22-25-21(30-26-22)14-27-8-10-28(11-9-27)19-5-3-4-18(23)17(19)13-24/h3-7,12H,8-11,14H2,1-2H3. The molecule has 0 atom stereocenters. The average molecular weight is 407 g/mol. The quantitative estimate of drug-likeness (QED) is 0.641. The molecule has 0 amide bonds. The van der Waals surface area contributed by atoms with Crippen LogP contribution in [-0.2, 0) is 6.54 Å². The van der Waals surface area contributed by atoms with Crippen LogP contribution in [0.4, 0.5) is 10.1 Å². The van der Waals surface area contributed by atoms with Crippen molar-refractivity contribution in [3.05, 3.63) is 59.2 Å². The smallest absolute Gasteiger partial charge is 0.241 e. The van der Waals surface area contributed by atoms with Gasteiger partial charge in [-0.15, -0.1) is 0 Å². The topological polar surface area (TPSA) is 78.4 Å². The summed E-state index contributed by atoms with van der Waals surface area (Å²) in [6.07, 6.45) is 0. The molecule has 2 aromatic carbocycles. The van der Waals surface area contributed by atoms with Crippen LogP contribution in [0.5, 0.6) is 5.75 Å². The molecule has 0 unspecified atom stereocenters. The van der Waals surface area contributed by atoms with Gasteiger partial charge in [0.05, 0.1) is 19.3 Å². The summed E-state index contributed by atoms with van der Waals surface area (Å²) in [5.74, 6) is 1.37. The highest BCUT2D eigenvalue weighted by molar-refractivity contribution is 5.60. The summed E-state index contributed by atoms with van der Waals surface area (Å²) in [5, 5.41) is 13.4. The van der Waals surface area contributed by atoms with Crippen molar-refractivity contribution in [2.75, 3.05) is 38.2 Å². The number of nitriles is 1. The van der Waals surface area contributed by atoms with Crippen LogP contribution in [0.3, 0.4) is 0 Å². The van der Waals surface area contributed by atoms with E-state index < -0.39 is 5.82 Å². The molecule has 4 rings (SSSR count). The molecular formula is C22H22FN5O2. The Hall–Kier alpha value is -3.44. The maximum Gasteiger partial charge on any atom is 0.241 e. The number of benzene rings is 2. The fraction of sp³-hybridized carbons (Fsp3) is 0.318. The summed E-state index contributed by atoms with van der Waals surface area (Å²) in [5.41, 5.74) is 2.62. The van der Waals surface area contributed by atoms with Gasteiger partial charge >= 0.3 is 0 Å². The highest BCUT2D eigenvalue weighted by Crippen LogP contribution is 2.26. The molecule has 0 aliphatic carbocycles. The van der Waals surface area contributed by atoms with E-state index >= 15 is 0 Å². The molecular weight excluding hydrogens is 385 g/mol. The van der Waals surface area contributed by atoms with E-state index in [1.54, 1.807) is 19.2 Å². The summed E-state index contributed by atoms with van der Waals surface area (Å²) >= 11 is 0. The highest BCUT2D eigenvalue weighted by Gasteiger charge is 2.22. The van der Waals surface area contributed by atoms with Crippen molar-refractivity contribution < 1.29 is 13.7 Å². The van der Waals surface area contributed by atoms with Gasteiger partial charge in [-0.3, -0.25) is 4.90 Å². The molecule has 0 spiro atoms. The second-order valence-electron chi connectivity index (χ2n) is 7.21. The van der Waals surface area contributed by atoms with Crippen molar-refractivity contribution in [2.24, 2.45) is 0 Å². The number of nitrogens with zero attached hydrogens (tertiary/aromatic N) is 5. The molecule has 0 bridgehead atoms. The predicted octanol–water partition coefficient (Wildman–Crippen LogP) is 3.39. The maximum absolute atomic E-state index is 13.9. The van der Waals surface area contributed by atoms with Gasteiger partial charge in [-0.05, 0) is 30.7 Å². The molecule has 1 aliphatic rings. The normalized spacial score (nSPS) is 14.5. The third kappa shape index (κ3) is 3.98. The van der Waals surface area contributed by atoms with Gasteiger partial charge in [0.15, 0.2) is 0 Å². The van der Waals surface area contributed by atoms with Gasteiger partial charge in [-0.1, -0.05) is 23.4 Å². The van der Waals surface area contributed by atoms with Crippen LogP contribution >= 0.6 is 0 Å². The molecule has 30 heavy (non-hydrogen) atoms. The lowest BCUT2D eigenvalue weighted by molar-refractivity contribution is 0.215. The Morgan fingerprint density at radius 2 is 2.00 bits per heavy atom. The Morgan fingerprint density at radius 3 is 2.73 bits per heavy atom. The van der Waals surface area contributed by atoms with Crippen molar-refractivity contribution in [3.8, 4) is 23.2 Å². The molecule has 7 nitrogen and oxygen atoms in total. The fourth-order valence-electron chi connectivity index (χ4n) is 3.62. The van der Waals surface area contributed by atoms with E-state index in [1.165, 1.54) is 6.07 Å². The minimum atomic E-state index is -0.483. The lowest BCUT2D eigenvalue weighted by atomic mass is 10.1.